The molecule has 1 aromatic carbocycles. The van der Waals surface area contributed by atoms with E-state index in [4.69, 9.17) is 4.74 Å². The van der Waals surface area contributed by atoms with E-state index in [1.54, 1.807) is 13.2 Å². The molecule has 0 aliphatic heterocycles. The van der Waals surface area contributed by atoms with Gasteiger partial charge >= 0.3 is 0 Å². The van der Waals surface area contributed by atoms with Crippen molar-refractivity contribution >= 4 is 6.08 Å². The molecular formula is C17H23NO2. The number of ether oxygens (including phenoxy) is 1. The maximum atomic E-state index is 10.9. The molecule has 0 amide bonds. The lowest BCUT2D eigenvalue weighted by Gasteiger charge is -2.29. The number of aliphatic imine (C=N–C) groups is 1. The number of carbonyl (C=O) groups excluding carboxylic acids is 1. The second-order valence-electron chi connectivity index (χ2n) is 5.98. The first kappa shape index (κ1) is 14.8. The second kappa shape index (κ2) is 5.80. The van der Waals surface area contributed by atoms with Crippen LogP contribution in [0.1, 0.15) is 62.1 Å². The Bertz CT molecular complexity index is 536. The molecule has 0 saturated heterocycles. The minimum Gasteiger partial charge on any atom is -0.496 e. The van der Waals surface area contributed by atoms with Gasteiger partial charge < -0.3 is 4.74 Å². The van der Waals surface area contributed by atoms with Crippen LogP contribution < -0.4 is 4.74 Å². The fraction of sp³-hybridized carbons (Fsp3) is 0.588. The number of nitrogens with zero attached hydrogens (tertiary/aromatic N) is 1. The quantitative estimate of drug-likeness (QED) is 0.608. The molecule has 0 bridgehead atoms. The molecule has 0 heterocycles. The summed E-state index contributed by atoms with van der Waals surface area (Å²) in [4.78, 5) is 15.1. The maximum absolute atomic E-state index is 10.9. The SMILES string of the molecule is COc1c(C(C)C)ccc(C)c1C1(N=C=O)CCCC1. The Morgan fingerprint density at radius 2 is 1.95 bits per heavy atom. The van der Waals surface area contributed by atoms with Gasteiger partial charge in [-0.05, 0) is 36.8 Å². The van der Waals surface area contributed by atoms with Crippen LogP contribution in [-0.2, 0) is 10.3 Å². The summed E-state index contributed by atoms with van der Waals surface area (Å²) in [6.07, 6.45) is 5.80. The molecule has 2 rings (SSSR count). The van der Waals surface area contributed by atoms with Crippen molar-refractivity contribution in [2.24, 2.45) is 4.99 Å². The van der Waals surface area contributed by atoms with Crippen LogP contribution in [0, 0.1) is 6.92 Å². The summed E-state index contributed by atoms with van der Waals surface area (Å²) >= 11 is 0. The Morgan fingerprint density at radius 3 is 2.45 bits per heavy atom. The Morgan fingerprint density at radius 1 is 1.30 bits per heavy atom. The van der Waals surface area contributed by atoms with E-state index in [-0.39, 0.29) is 0 Å². The lowest BCUT2D eigenvalue weighted by molar-refractivity contribution is 0.372. The topological polar surface area (TPSA) is 38.7 Å². The summed E-state index contributed by atoms with van der Waals surface area (Å²) in [5.41, 5.74) is 2.99. The van der Waals surface area contributed by atoms with Gasteiger partial charge in [0.25, 0.3) is 0 Å². The highest BCUT2D eigenvalue weighted by molar-refractivity contribution is 5.53. The average molecular weight is 273 g/mol. The molecule has 108 valence electrons. The molecule has 1 aliphatic carbocycles. The Labute approximate surface area is 121 Å². The molecule has 20 heavy (non-hydrogen) atoms. The van der Waals surface area contributed by atoms with Gasteiger partial charge in [0, 0.05) is 5.56 Å². The van der Waals surface area contributed by atoms with Gasteiger partial charge in [0.15, 0.2) is 0 Å². The van der Waals surface area contributed by atoms with Gasteiger partial charge in [0.1, 0.15) is 11.3 Å². The molecular weight excluding hydrogens is 250 g/mol. The first-order chi connectivity index (χ1) is 9.55. The number of hydrogen-bond acceptors (Lipinski definition) is 3. The minimum atomic E-state index is -0.428. The van der Waals surface area contributed by atoms with Gasteiger partial charge in [0.2, 0.25) is 6.08 Å². The first-order valence-corrected chi connectivity index (χ1v) is 7.32. The Kier molecular flexibility index (Phi) is 4.29. The van der Waals surface area contributed by atoms with Gasteiger partial charge in [-0.3, -0.25) is 0 Å². The van der Waals surface area contributed by atoms with Crippen LogP contribution in [0.5, 0.6) is 5.75 Å². The summed E-state index contributed by atoms with van der Waals surface area (Å²) in [6, 6.07) is 4.24. The van der Waals surface area contributed by atoms with Crippen molar-refractivity contribution in [1.29, 1.82) is 0 Å². The predicted molar refractivity (Wildman–Crippen MR) is 80.1 cm³/mol. The van der Waals surface area contributed by atoms with E-state index < -0.39 is 5.54 Å². The van der Waals surface area contributed by atoms with Crippen molar-refractivity contribution in [1.82, 2.24) is 0 Å². The van der Waals surface area contributed by atoms with E-state index >= 15 is 0 Å². The second-order valence-corrected chi connectivity index (χ2v) is 5.98. The predicted octanol–water partition coefficient (Wildman–Crippen LogP) is 4.23. The van der Waals surface area contributed by atoms with Gasteiger partial charge in [-0.15, -0.1) is 0 Å². The molecule has 3 heteroatoms. The van der Waals surface area contributed by atoms with Gasteiger partial charge in [-0.2, -0.15) is 4.99 Å². The summed E-state index contributed by atoms with van der Waals surface area (Å²) in [7, 11) is 1.71. The zero-order valence-corrected chi connectivity index (χ0v) is 12.8. The monoisotopic (exact) mass is 273 g/mol. The molecule has 0 spiro atoms. The third-order valence-corrected chi connectivity index (χ3v) is 4.38. The zero-order valence-electron chi connectivity index (χ0n) is 12.8. The van der Waals surface area contributed by atoms with Crippen LogP contribution in [0.4, 0.5) is 0 Å². The van der Waals surface area contributed by atoms with E-state index in [0.29, 0.717) is 5.92 Å². The largest absolute Gasteiger partial charge is 0.496 e. The van der Waals surface area contributed by atoms with E-state index in [0.717, 1.165) is 42.6 Å². The summed E-state index contributed by atoms with van der Waals surface area (Å²) in [5.74, 6) is 1.28. The van der Waals surface area contributed by atoms with Crippen LogP contribution in [0.2, 0.25) is 0 Å². The highest BCUT2D eigenvalue weighted by atomic mass is 16.5. The smallest absolute Gasteiger partial charge is 0.235 e. The number of hydrogen-bond donors (Lipinski definition) is 0. The molecule has 0 atom stereocenters. The molecule has 1 aliphatic rings. The molecule has 0 radical (unpaired) electrons. The van der Waals surface area contributed by atoms with Crippen molar-refractivity contribution in [2.45, 2.75) is 57.9 Å². The molecule has 1 saturated carbocycles. The molecule has 0 N–H and O–H groups in total. The van der Waals surface area contributed by atoms with Gasteiger partial charge in [-0.1, -0.05) is 38.8 Å². The van der Waals surface area contributed by atoms with E-state index in [1.807, 2.05) is 0 Å². The lowest BCUT2D eigenvalue weighted by atomic mass is 9.82. The van der Waals surface area contributed by atoms with Crippen molar-refractivity contribution in [3.8, 4) is 5.75 Å². The summed E-state index contributed by atoms with van der Waals surface area (Å²) < 4.78 is 5.71. The first-order valence-electron chi connectivity index (χ1n) is 7.32. The zero-order chi connectivity index (χ0) is 14.8. The number of isocyanates is 1. The van der Waals surface area contributed by atoms with E-state index in [2.05, 4.69) is 37.9 Å². The fourth-order valence-electron chi connectivity index (χ4n) is 3.42. The Hall–Kier alpha value is -1.60. The number of methoxy groups -OCH3 is 1. The normalized spacial score (nSPS) is 17.1. The number of aryl methyl sites for hydroxylation is 1. The van der Waals surface area contributed by atoms with Crippen LogP contribution in [-0.4, -0.2) is 13.2 Å². The van der Waals surface area contributed by atoms with E-state index in [9.17, 15) is 4.79 Å². The van der Waals surface area contributed by atoms with E-state index in [1.165, 1.54) is 5.56 Å². The van der Waals surface area contributed by atoms with Gasteiger partial charge in [0.05, 0.1) is 7.11 Å². The van der Waals surface area contributed by atoms with Crippen LogP contribution in [0.15, 0.2) is 17.1 Å². The van der Waals surface area contributed by atoms with Crippen LogP contribution in [0.25, 0.3) is 0 Å². The third kappa shape index (κ3) is 2.38. The van der Waals surface area contributed by atoms with Crippen LogP contribution in [0.3, 0.4) is 0 Å². The number of rotatable bonds is 4. The molecule has 0 aromatic heterocycles. The van der Waals surface area contributed by atoms with Gasteiger partial charge in [-0.25, -0.2) is 4.79 Å². The van der Waals surface area contributed by atoms with Crippen LogP contribution >= 0.6 is 0 Å². The highest BCUT2D eigenvalue weighted by Gasteiger charge is 2.40. The summed E-state index contributed by atoms with van der Waals surface area (Å²) in [6.45, 7) is 6.38. The maximum Gasteiger partial charge on any atom is 0.235 e. The third-order valence-electron chi connectivity index (χ3n) is 4.38. The van der Waals surface area contributed by atoms with Crippen molar-refractivity contribution in [3.63, 3.8) is 0 Å². The standard InChI is InChI=1S/C17H23NO2/c1-12(2)14-8-7-13(3)15(16(14)20-4)17(18-11-19)9-5-6-10-17/h7-8,12H,5-6,9-10H2,1-4H3. The van der Waals surface area contributed by atoms with Crippen molar-refractivity contribution < 1.29 is 9.53 Å². The molecule has 0 unspecified atom stereocenters. The molecule has 1 aromatic rings. The van der Waals surface area contributed by atoms with Crippen molar-refractivity contribution in [3.05, 3.63) is 28.8 Å². The average Bonchev–Trinajstić information content (AvgIpc) is 2.87. The molecule has 3 nitrogen and oxygen atoms in total. The highest BCUT2D eigenvalue weighted by Crippen LogP contribution is 2.48. The summed E-state index contributed by atoms with van der Waals surface area (Å²) in [5, 5.41) is 0. The van der Waals surface area contributed by atoms with Crippen molar-refractivity contribution in [2.75, 3.05) is 7.11 Å². The number of benzene rings is 1. The molecule has 1 fully saturated rings. The lowest BCUT2D eigenvalue weighted by Crippen LogP contribution is -2.22. The minimum absolute atomic E-state index is 0.378. The Balaban J connectivity index is 2.71. The fourth-order valence-corrected chi connectivity index (χ4v) is 3.42.